The van der Waals surface area contributed by atoms with Crippen molar-refractivity contribution < 1.29 is 9.59 Å². The van der Waals surface area contributed by atoms with Crippen molar-refractivity contribution in [2.75, 3.05) is 18.4 Å². The van der Waals surface area contributed by atoms with Gasteiger partial charge in [-0.25, -0.2) is 4.79 Å². The molecule has 5 heteroatoms. The minimum atomic E-state index is -0.270. The van der Waals surface area contributed by atoms with Gasteiger partial charge in [0.15, 0.2) is 0 Å². The third-order valence-electron chi connectivity index (χ3n) is 4.72. The van der Waals surface area contributed by atoms with Crippen LogP contribution in [0.25, 0.3) is 0 Å². The van der Waals surface area contributed by atoms with Crippen LogP contribution in [-0.2, 0) is 4.79 Å². The second-order valence-corrected chi connectivity index (χ2v) is 6.35. The SMILES string of the molecule is Cc1cccc(NC(=O)N2CCNC(=O)C[C@@H]2c2ccccc2)c1C. The Bertz CT molecular complexity index is 774. The van der Waals surface area contributed by atoms with Gasteiger partial charge in [0.1, 0.15) is 0 Å². The quantitative estimate of drug-likeness (QED) is 0.882. The highest BCUT2D eigenvalue weighted by molar-refractivity contribution is 5.91. The second kappa shape index (κ2) is 7.38. The minimum Gasteiger partial charge on any atom is -0.354 e. The maximum atomic E-state index is 12.9. The van der Waals surface area contributed by atoms with Crippen molar-refractivity contribution in [3.63, 3.8) is 0 Å². The summed E-state index contributed by atoms with van der Waals surface area (Å²) in [5.74, 6) is -0.0316. The maximum absolute atomic E-state index is 12.9. The van der Waals surface area contributed by atoms with Crippen molar-refractivity contribution in [3.05, 3.63) is 65.2 Å². The fraction of sp³-hybridized carbons (Fsp3) is 0.300. The number of aryl methyl sites for hydroxylation is 1. The minimum absolute atomic E-state index is 0.0316. The Hall–Kier alpha value is -2.82. The van der Waals surface area contributed by atoms with Gasteiger partial charge in [-0.15, -0.1) is 0 Å². The lowest BCUT2D eigenvalue weighted by Gasteiger charge is -2.30. The van der Waals surface area contributed by atoms with E-state index in [4.69, 9.17) is 0 Å². The number of carbonyl (C=O) groups is 2. The van der Waals surface area contributed by atoms with Crippen LogP contribution in [0.4, 0.5) is 10.5 Å². The molecular formula is C20H23N3O2. The smallest absolute Gasteiger partial charge is 0.322 e. The Balaban J connectivity index is 1.87. The normalized spacial score (nSPS) is 17.6. The van der Waals surface area contributed by atoms with Gasteiger partial charge in [0.2, 0.25) is 5.91 Å². The first kappa shape index (κ1) is 17.0. The van der Waals surface area contributed by atoms with Crippen LogP contribution in [0.3, 0.4) is 0 Å². The van der Waals surface area contributed by atoms with Crippen LogP contribution in [0.15, 0.2) is 48.5 Å². The molecule has 1 fully saturated rings. The van der Waals surface area contributed by atoms with Crippen LogP contribution in [0.1, 0.15) is 29.2 Å². The first-order chi connectivity index (χ1) is 12.1. The van der Waals surface area contributed by atoms with Gasteiger partial charge >= 0.3 is 6.03 Å². The average Bonchev–Trinajstić information content (AvgIpc) is 2.81. The zero-order valence-electron chi connectivity index (χ0n) is 14.6. The van der Waals surface area contributed by atoms with E-state index in [1.165, 1.54) is 0 Å². The van der Waals surface area contributed by atoms with Crippen LogP contribution >= 0.6 is 0 Å². The number of benzene rings is 2. The Kier molecular flexibility index (Phi) is 5.03. The van der Waals surface area contributed by atoms with E-state index >= 15 is 0 Å². The number of carbonyl (C=O) groups excluding carboxylic acids is 2. The Labute approximate surface area is 148 Å². The van der Waals surface area contributed by atoms with Crippen molar-refractivity contribution in [3.8, 4) is 0 Å². The molecule has 0 spiro atoms. The van der Waals surface area contributed by atoms with Crippen LogP contribution in [0.2, 0.25) is 0 Å². The molecule has 0 saturated carbocycles. The molecule has 5 nitrogen and oxygen atoms in total. The lowest BCUT2D eigenvalue weighted by molar-refractivity contribution is -0.121. The number of urea groups is 1. The first-order valence-electron chi connectivity index (χ1n) is 8.52. The molecule has 2 aromatic rings. The van der Waals surface area contributed by atoms with E-state index in [1.54, 1.807) is 4.90 Å². The van der Waals surface area contributed by atoms with Gasteiger partial charge in [-0.3, -0.25) is 4.79 Å². The third-order valence-corrected chi connectivity index (χ3v) is 4.72. The highest BCUT2D eigenvalue weighted by Crippen LogP contribution is 2.27. The molecule has 0 aromatic heterocycles. The van der Waals surface area contributed by atoms with Crippen molar-refractivity contribution in [2.24, 2.45) is 0 Å². The van der Waals surface area contributed by atoms with E-state index in [9.17, 15) is 9.59 Å². The summed E-state index contributed by atoms with van der Waals surface area (Å²) in [6.45, 7) is 4.95. The van der Waals surface area contributed by atoms with Crippen molar-refractivity contribution in [1.29, 1.82) is 0 Å². The fourth-order valence-electron chi connectivity index (χ4n) is 3.12. The largest absolute Gasteiger partial charge is 0.354 e. The van der Waals surface area contributed by atoms with Crippen molar-refractivity contribution in [1.82, 2.24) is 10.2 Å². The number of anilines is 1. The Morgan fingerprint density at radius 3 is 2.64 bits per heavy atom. The molecule has 0 unspecified atom stereocenters. The summed E-state index contributed by atoms with van der Waals surface area (Å²) in [5.41, 5.74) is 3.96. The number of hydrogen-bond acceptors (Lipinski definition) is 2. The van der Waals surface area contributed by atoms with Crippen LogP contribution < -0.4 is 10.6 Å². The van der Waals surface area contributed by atoms with Gasteiger partial charge in [0.05, 0.1) is 12.5 Å². The molecule has 1 aliphatic heterocycles. The molecule has 0 bridgehead atoms. The predicted octanol–water partition coefficient (Wildman–Crippen LogP) is 3.40. The number of amides is 3. The summed E-state index contributed by atoms with van der Waals surface area (Å²) in [4.78, 5) is 26.7. The van der Waals surface area contributed by atoms with Gasteiger partial charge in [0.25, 0.3) is 0 Å². The van der Waals surface area contributed by atoms with Gasteiger partial charge in [-0.1, -0.05) is 42.5 Å². The van der Waals surface area contributed by atoms with Gasteiger partial charge in [-0.05, 0) is 36.6 Å². The fourth-order valence-corrected chi connectivity index (χ4v) is 3.12. The lowest BCUT2D eigenvalue weighted by atomic mass is 10.0. The molecule has 1 heterocycles. The topological polar surface area (TPSA) is 61.4 Å². The molecule has 130 valence electrons. The molecule has 2 aromatic carbocycles. The molecule has 3 rings (SSSR count). The first-order valence-corrected chi connectivity index (χ1v) is 8.52. The van der Waals surface area contributed by atoms with E-state index in [2.05, 4.69) is 10.6 Å². The van der Waals surface area contributed by atoms with Crippen LogP contribution in [-0.4, -0.2) is 29.9 Å². The van der Waals surface area contributed by atoms with Crippen molar-refractivity contribution in [2.45, 2.75) is 26.3 Å². The summed E-state index contributed by atoms with van der Waals surface area (Å²) >= 11 is 0. The van der Waals surface area contributed by atoms with E-state index in [0.717, 1.165) is 22.4 Å². The molecule has 2 N–H and O–H groups in total. The van der Waals surface area contributed by atoms with Crippen LogP contribution in [0.5, 0.6) is 0 Å². The van der Waals surface area contributed by atoms with Crippen molar-refractivity contribution >= 4 is 17.6 Å². The van der Waals surface area contributed by atoms with E-state index in [0.29, 0.717) is 13.1 Å². The van der Waals surface area contributed by atoms with E-state index in [1.807, 2.05) is 62.4 Å². The molecule has 0 radical (unpaired) electrons. The van der Waals surface area contributed by atoms with E-state index < -0.39 is 0 Å². The summed E-state index contributed by atoms with van der Waals surface area (Å²) in [7, 11) is 0. The number of rotatable bonds is 2. The summed E-state index contributed by atoms with van der Waals surface area (Å²) < 4.78 is 0. The zero-order valence-corrected chi connectivity index (χ0v) is 14.6. The highest BCUT2D eigenvalue weighted by Gasteiger charge is 2.30. The average molecular weight is 337 g/mol. The van der Waals surface area contributed by atoms with Crippen LogP contribution in [0, 0.1) is 13.8 Å². The second-order valence-electron chi connectivity index (χ2n) is 6.35. The number of hydrogen-bond donors (Lipinski definition) is 2. The lowest BCUT2D eigenvalue weighted by Crippen LogP contribution is -2.39. The Morgan fingerprint density at radius 1 is 1.12 bits per heavy atom. The maximum Gasteiger partial charge on any atom is 0.322 e. The molecule has 3 amide bonds. The Morgan fingerprint density at radius 2 is 1.88 bits per heavy atom. The van der Waals surface area contributed by atoms with Gasteiger partial charge in [-0.2, -0.15) is 0 Å². The zero-order chi connectivity index (χ0) is 17.8. The van der Waals surface area contributed by atoms with Gasteiger partial charge < -0.3 is 15.5 Å². The molecule has 1 saturated heterocycles. The highest BCUT2D eigenvalue weighted by atomic mass is 16.2. The van der Waals surface area contributed by atoms with E-state index in [-0.39, 0.29) is 24.4 Å². The summed E-state index contributed by atoms with van der Waals surface area (Å²) in [5, 5.41) is 5.86. The standard InChI is InChI=1S/C20H23N3O2/c1-14-7-6-10-17(15(14)2)22-20(25)23-12-11-21-19(24)13-18(23)16-8-4-3-5-9-16/h3-10,18H,11-13H2,1-2H3,(H,21,24)(H,22,25)/t18-/m1/s1. The molecular weight excluding hydrogens is 314 g/mol. The predicted molar refractivity (Wildman–Crippen MR) is 98.5 cm³/mol. The number of nitrogens with one attached hydrogen (secondary N) is 2. The third kappa shape index (κ3) is 3.82. The molecule has 0 aliphatic carbocycles. The molecule has 25 heavy (non-hydrogen) atoms. The summed E-state index contributed by atoms with van der Waals surface area (Å²) in [6.07, 6.45) is 0.268. The summed E-state index contributed by atoms with van der Waals surface area (Å²) in [6, 6.07) is 15.1. The monoisotopic (exact) mass is 337 g/mol. The molecule has 1 atom stereocenters. The van der Waals surface area contributed by atoms with Gasteiger partial charge in [0, 0.05) is 18.8 Å². The molecule has 1 aliphatic rings. The number of nitrogens with zero attached hydrogens (tertiary/aromatic N) is 1.